The van der Waals surface area contributed by atoms with Crippen LogP contribution in [0.1, 0.15) is 58.3 Å². The van der Waals surface area contributed by atoms with Crippen LogP contribution in [0.3, 0.4) is 0 Å². The molecule has 3 aliphatic rings. The molecule has 0 unspecified atom stereocenters. The molecule has 168 valence electrons. The fourth-order valence-corrected chi connectivity index (χ4v) is 5.84. The van der Waals surface area contributed by atoms with E-state index in [1.54, 1.807) is 12.3 Å². The van der Waals surface area contributed by atoms with Crippen molar-refractivity contribution in [1.29, 1.82) is 0 Å². The van der Waals surface area contributed by atoms with Gasteiger partial charge >= 0.3 is 0 Å². The molecule has 5 rings (SSSR count). The molecule has 4 heterocycles. The van der Waals surface area contributed by atoms with E-state index in [4.69, 9.17) is 0 Å². The van der Waals surface area contributed by atoms with E-state index in [1.807, 2.05) is 22.4 Å². The van der Waals surface area contributed by atoms with E-state index in [1.165, 1.54) is 22.7 Å². The first kappa shape index (κ1) is 21.1. The maximum absolute atomic E-state index is 13.3. The third-order valence-electron chi connectivity index (χ3n) is 6.83. The summed E-state index contributed by atoms with van der Waals surface area (Å²) in [6, 6.07) is 5.47. The van der Waals surface area contributed by atoms with Gasteiger partial charge in [0.2, 0.25) is 5.91 Å². The van der Waals surface area contributed by atoms with Crippen LogP contribution in [0.4, 0.5) is 5.69 Å². The number of piperidine rings is 2. The average Bonchev–Trinajstić information content (AvgIpc) is 3.41. The number of benzene rings is 1. The molecule has 0 aliphatic carbocycles. The minimum atomic E-state index is -0.269. The lowest BCUT2D eigenvalue weighted by Gasteiger charge is -2.38. The Morgan fingerprint density at radius 1 is 1.12 bits per heavy atom. The lowest BCUT2D eigenvalue weighted by atomic mass is 9.93. The Morgan fingerprint density at radius 3 is 2.75 bits per heavy atom. The molecule has 0 saturated carbocycles. The SMILES string of the molecule is C[C@@H]1CCCN(C(=O)[C@@H]2CCCN(c3cccc4c3C(=O)N(Cc3nccs3)C4=O)C2)C1. The molecule has 0 spiro atoms. The number of thiazole rings is 1. The second-order valence-electron chi connectivity index (χ2n) is 9.14. The van der Waals surface area contributed by atoms with Crippen molar-refractivity contribution in [1.82, 2.24) is 14.8 Å². The van der Waals surface area contributed by atoms with Crippen molar-refractivity contribution in [2.75, 3.05) is 31.1 Å². The van der Waals surface area contributed by atoms with Crippen LogP contribution in [0.25, 0.3) is 0 Å². The molecular weight excluding hydrogens is 424 g/mol. The summed E-state index contributed by atoms with van der Waals surface area (Å²) in [5, 5.41) is 2.58. The van der Waals surface area contributed by atoms with Gasteiger partial charge in [0, 0.05) is 37.8 Å². The first-order chi connectivity index (χ1) is 15.5. The fraction of sp³-hybridized carbons (Fsp3) is 0.500. The Kier molecular flexibility index (Phi) is 5.71. The number of carbonyl (C=O) groups excluding carboxylic acids is 3. The Morgan fingerprint density at radius 2 is 1.97 bits per heavy atom. The number of imide groups is 1. The molecule has 0 bridgehead atoms. The minimum Gasteiger partial charge on any atom is -0.370 e. The molecule has 1 aromatic heterocycles. The number of rotatable bonds is 4. The van der Waals surface area contributed by atoms with Crippen LogP contribution in [0.2, 0.25) is 0 Å². The van der Waals surface area contributed by atoms with Crippen molar-refractivity contribution >= 4 is 34.7 Å². The Labute approximate surface area is 192 Å². The Bertz CT molecular complexity index is 1040. The summed E-state index contributed by atoms with van der Waals surface area (Å²) in [5.41, 5.74) is 1.68. The van der Waals surface area contributed by atoms with E-state index in [2.05, 4.69) is 16.8 Å². The van der Waals surface area contributed by atoms with Crippen molar-refractivity contribution in [3.8, 4) is 0 Å². The number of amides is 3. The van der Waals surface area contributed by atoms with Crippen molar-refractivity contribution in [2.45, 2.75) is 39.2 Å². The van der Waals surface area contributed by atoms with Gasteiger partial charge in [0.05, 0.1) is 29.3 Å². The average molecular weight is 453 g/mol. The summed E-state index contributed by atoms with van der Waals surface area (Å²) in [4.78, 5) is 49.2. The first-order valence-corrected chi connectivity index (χ1v) is 12.3. The molecule has 3 amide bonds. The minimum absolute atomic E-state index is 0.0662. The summed E-state index contributed by atoms with van der Waals surface area (Å²) in [7, 11) is 0. The quantitative estimate of drug-likeness (QED) is 0.665. The molecule has 0 radical (unpaired) electrons. The van der Waals surface area contributed by atoms with Gasteiger partial charge in [-0.25, -0.2) is 4.98 Å². The Balaban J connectivity index is 1.37. The third-order valence-corrected chi connectivity index (χ3v) is 7.60. The largest absolute Gasteiger partial charge is 0.370 e. The van der Waals surface area contributed by atoms with E-state index < -0.39 is 0 Å². The number of nitrogens with zero attached hydrogens (tertiary/aromatic N) is 4. The number of fused-ring (bicyclic) bond motifs is 1. The van der Waals surface area contributed by atoms with Crippen LogP contribution in [0.15, 0.2) is 29.8 Å². The lowest BCUT2D eigenvalue weighted by molar-refractivity contribution is -0.137. The predicted octanol–water partition coefficient (Wildman–Crippen LogP) is 3.41. The third kappa shape index (κ3) is 3.81. The standard InChI is InChI=1S/C24H28N4O3S/c1-16-5-3-11-27(13-16)22(29)17-6-4-10-26(14-17)19-8-2-7-18-21(19)24(31)28(23(18)30)15-20-25-9-12-32-20/h2,7-9,12,16-17H,3-6,10-11,13-15H2,1H3/t16-,17-/m1/s1. The summed E-state index contributed by atoms with van der Waals surface area (Å²) < 4.78 is 0. The highest BCUT2D eigenvalue weighted by molar-refractivity contribution is 7.09. The number of hydrogen-bond donors (Lipinski definition) is 0. The number of hydrogen-bond acceptors (Lipinski definition) is 6. The predicted molar refractivity (Wildman–Crippen MR) is 123 cm³/mol. The highest BCUT2D eigenvalue weighted by Gasteiger charge is 2.40. The molecule has 1 aromatic carbocycles. The molecule has 2 atom stereocenters. The number of anilines is 1. The molecule has 0 N–H and O–H groups in total. The van der Waals surface area contributed by atoms with Gasteiger partial charge in [0.25, 0.3) is 11.8 Å². The summed E-state index contributed by atoms with van der Waals surface area (Å²) in [6.07, 6.45) is 5.70. The van der Waals surface area contributed by atoms with Gasteiger partial charge < -0.3 is 9.80 Å². The Hall–Kier alpha value is -2.74. The zero-order valence-electron chi connectivity index (χ0n) is 18.3. The highest BCUT2D eigenvalue weighted by Crippen LogP contribution is 2.35. The monoisotopic (exact) mass is 452 g/mol. The second-order valence-corrected chi connectivity index (χ2v) is 10.1. The molecule has 32 heavy (non-hydrogen) atoms. The van der Waals surface area contributed by atoms with Gasteiger partial charge in [-0.05, 0) is 43.7 Å². The number of likely N-dealkylation sites (tertiary alicyclic amines) is 1. The van der Waals surface area contributed by atoms with E-state index in [0.717, 1.165) is 49.6 Å². The summed E-state index contributed by atoms with van der Waals surface area (Å²) >= 11 is 1.43. The molecule has 2 aromatic rings. The zero-order chi connectivity index (χ0) is 22.2. The van der Waals surface area contributed by atoms with Crippen LogP contribution >= 0.6 is 11.3 Å². The number of aromatic nitrogens is 1. The second kappa shape index (κ2) is 8.65. The zero-order valence-corrected chi connectivity index (χ0v) is 19.1. The molecule has 3 aliphatic heterocycles. The maximum atomic E-state index is 13.3. The maximum Gasteiger partial charge on any atom is 0.264 e. The van der Waals surface area contributed by atoms with Crippen molar-refractivity contribution < 1.29 is 14.4 Å². The number of carbonyl (C=O) groups is 3. The summed E-state index contributed by atoms with van der Waals surface area (Å²) in [5.74, 6) is 0.186. The van der Waals surface area contributed by atoms with Gasteiger partial charge in [0.15, 0.2) is 0 Å². The van der Waals surface area contributed by atoms with Crippen LogP contribution in [0.5, 0.6) is 0 Å². The van der Waals surface area contributed by atoms with Crippen LogP contribution in [0, 0.1) is 11.8 Å². The van der Waals surface area contributed by atoms with Crippen molar-refractivity contribution in [3.63, 3.8) is 0 Å². The normalized spacial score (nSPS) is 23.6. The molecule has 2 saturated heterocycles. The van der Waals surface area contributed by atoms with E-state index in [9.17, 15) is 14.4 Å². The van der Waals surface area contributed by atoms with Gasteiger partial charge in [-0.3, -0.25) is 19.3 Å². The molecule has 7 nitrogen and oxygen atoms in total. The topological polar surface area (TPSA) is 73.8 Å². The van der Waals surface area contributed by atoms with Gasteiger partial charge in [-0.2, -0.15) is 0 Å². The summed E-state index contributed by atoms with van der Waals surface area (Å²) in [6.45, 7) is 5.46. The van der Waals surface area contributed by atoms with Gasteiger partial charge in [0.1, 0.15) is 5.01 Å². The highest BCUT2D eigenvalue weighted by atomic mass is 32.1. The van der Waals surface area contributed by atoms with Crippen LogP contribution in [-0.4, -0.2) is 58.7 Å². The van der Waals surface area contributed by atoms with Crippen LogP contribution < -0.4 is 4.90 Å². The molecule has 8 heteroatoms. The molecular formula is C24H28N4O3S. The van der Waals surface area contributed by atoms with E-state index in [-0.39, 0.29) is 30.2 Å². The lowest BCUT2D eigenvalue weighted by Crippen LogP contribution is -2.48. The van der Waals surface area contributed by atoms with E-state index in [0.29, 0.717) is 23.6 Å². The molecule has 2 fully saturated rings. The van der Waals surface area contributed by atoms with Gasteiger partial charge in [-0.15, -0.1) is 11.3 Å². The smallest absolute Gasteiger partial charge is 0.264 e. The van der Waals surface area contributed by atoms with Crippen molar-refractivity contribution in [3.05, 3.63) is 45.9 Å². The first-order valence-electron chi connectivity index (χ1n) is 11.4. The van der Waals surface area contributed by atoms with E-state index >= 15 is 0 Å². The van der Waals surface area contributed by atoms with Gasteiger partial charge in [-0.1, -0.05) is 13.0 Å². The fourth-order valence-electron chi connectivity index (χ4n) is 5.23. The van der Waals surface area contributed by atoms with Crippen LogP contribution in [-0.2, 0) is 11.3 Å². The van der Waals surface area contributed by atoms with Crippen molar-refractivity contribution in [2.24, 2.45) is 11.8 Å².